The van der Waals surface area contributed by atoms with Gasteiger partial charge in [-0.2, -0.15) is 0 Å². The molecule has 3 rings (SSSR count). The number of urea groups is 1. The summed E-state index contributed by atoms with van der Waals surface area (Å²) < 4.78 is 22.6. The zero-order chi connectivity index (χ0) is 23.3. The first kappa shape index (κ1) is 24.2. The van der Waals surface area contributed by atoms with Crippen LogP contribution in [0.25, 0.3) is 0 Å². The second-order valence-corrected chi connectivity index (χ2v) is 10.2. The zero-order valence-electron chi connectivity index (χ0n) is 18.4. The lowest BCUT2D eigenvalue weighted by Crippen LogP contribution is -2.62. The van der Waals surface area contributed by atoms with E-state index in [0.29, 0.717) is 38.8 Å². The number of benzene rings is 1. The van der Waals surface area contributed by atoms with Gasteiger partial charge < -0.3 is 10.6 Å². The lowest BCUT2D eigenvalue weighted by molar-refractivity contribution is -0.139. The summed E-state index contributed by atoms with van der Waals surface area (Å²) >= 11 is 0. The first-order chi connectivity index (χ1) is 15.2. The molecule has 1 saturated heterocycles. The fourth-order valence-electron chi connectivity index (χ4n) is 4.45. The minimum absolute atomic E-state index is 0.0510. The van der Waals surface area contributed by atoms with Crippen molar-refractivity contribution in [2.45, 2.75) is 62.8 Å². The summed E-state index contributed by atoms with van der Waals surface area (Å²) in [5, 5.41) is 10.9. The largest absolute Gasteiger partial charge is 0.356 e. The van der Waals surface area contributed by atoms with E-state index in [-0.39, 0.29) is 40.6 Å². The number of nitrogens with zero attached hydrogens (tertiary/aromatic N) is 1. The predicted octanol–water partition coefficient (Wildman–Crippen LogP) is 1.52. The van der Waals surface area contributed by atoms with E-state index in [9.17, 15) is 22.8 Å². The molecular formula is C22H32N4O5S. The molecule has 4 amide bonds. The van der Waals surface area contributed by atoms with Crippen LogP contribution in [0.15, 0.2) is 29.2 Å². The Hall–Kier alpha value is -2.46. The Morgan fingerprint density at radius 3 is 2.56 bits per heavy atom. The summed E-state index contributed by atoms with van der Waals surface area (Å²) in [6.07, 6.45) is 5.01. The van der Waals surface area contributed by atoms with Crippen LogP contribution >= 0.6 is 0 Å². The van der Waals surface area contributed by atoms with Crippen molar-refractivity contribution in [3.8, 4) is 0 Å². The molecule has 3 atom stereocenters. The molecule has 1 heterocycles. The van der Waals surface area contributed by atoms with Crippen LogP contribution in [-0.4, -0.2) is 50.3 Å². The quantitative estimate of drug-likeness (QED) is 0.476. The summed E-state index contributed by atoms with van der Waals surface area (Å²) in [5.41, 5.74) is 0.884. The molecule has 4 N–H and O–H groups in total. The molecule has 1 saturated carbocycles. The van der Waals surface area contributed by atoms with Gasteiger partial charge in [-0.3, -0.25) is 14.5 Å². The highest BCUT2D eigenvalue weighted by atomic mass is 32.2. The highest BCUT2D eigenvalue weighted by Crippen LogP contribution is 2.33. The van der Waals surface area contributed by atoms with Gasteiger partial charge in [-0.25, -0.2) is 18.4 Å². The molecule has 1 aromatic carbocycles. The average Bonchev–Trinajstić information content (AvgIpc) is 2.75. The Balaban J connectivity index is 1.47. The molecule has 176 valence electrons. The standard InChI is InChI=1S/C22H32N4O5S/c1-2-3-4-13-26-21(28)18-10-7-16(14-19(18)25-22(26)29)20(27)24-12-11-15-5-8-17(9-6-15)32(23,30)31/h5-6,8-9,16,18-19H,2-4,7,10-14H2,1H3,(H,24,27)(H,25,29)(H2,23,30,31). The number of sulfonamides is 1. The number of primary sulfonamides is 1. The van der Waals surface area contributed by atoms with Crippen LogP contribution in [0.2, 0.25) is 0 Å². The smallest absolute Gasteiger partial charge is 0.324 e. The fraction of sp³-hybridized carbons (Fsp3) is 0.591. The highest BCUT2D eigenvalue weighted by molar-refractivity contribution is 7.89. The number of fused-ring (bicyclic) bond motifs is 1. The first-order valence-electron chi connectivity index (χ1n) is 11.2. The topological polar surface area (TPSA) is 139 Å². The molecule has 2 fully saturated rings. The molecule has 0 aromatic heterocycles. The summed E-state index contributed by atoms with van der Waals surface area (Å²) in [5.74, 6) is -0.704. The minimum atomic E-state index is -3.72. The second kappa shape index (κ2) is 10.4. The molecule has 1 aliphatic carbocycles. The van der Waals surface area contributed by atoms with E-state index in [1.165, 1.54) is 17.0 Å². The number of rotatable bonds is 9. The number of amides is 4. The first-order valence-corrected chi connectivity index (χ1v) is 12.8. The van der Waals surface area contributed by atoms with Gasteiger partial charge in [-0.15, -0.1) is 0 Å². The number of nitrogens with two attached hydrogens (primary N) is 1. The number of imide groups is 1. The van der Waals surface area contributed by atoms with Gasteiger partial charge in [-0.1, -0.05) is 31.9 Å². The van der Waals surface area contributed by atoms with E-state index in [2.05, 4.69) is 17.6 Å². The van der Waals surface area contributed by atoms with Crippen molar-refractivity contribution in [2.24, 2.45) is 17.0 Å². The predicted molar refractivity (Wildman–Crippen MR) is 119 cm³/mol. The number of carbonyl (C=O) groups is 3. The molecule has 1 aliphatic heterocycles. The number of carbonyl (C=O) groups excluding carboxylic acids is 3. The number of nitrogens with one attached hydrogen (secondary N) is 2. The molecule has 1 aromatic rings. The Kier molecular flexibility index (Phi) is 7.89. The van der Waals surface area contributed by atoms with Gasteiger partial charge in [0.15, 0.2) is 0 Å². The lowest BCUT2D eigenvalue weighted by atomic mass is 9.76. The molecule has 10 heteroatoms. The van der Waals surface area contributed by atoms with E-state index in [4.69, 9.17) is 5.14 Å². The average molecular weight is 465 g/mol. The van der Waals surface area contributed by atoms with Crippen molar-refractivity contribution < 1.29 is 22.8 Å². The van der Waals surface area contributed by atoms with Crippen LogP contribution in [0.1, 0.15) is 51.0 Å². The second-order valence-electron chi connectivity index (χ2n) is 8.60. The normalized spacial score (nSPS) is 23.4. The van der Waals surface area contributed by atoms with E-state index < -0.39 is 10.0 Å². The Bertz CT molecular complexity index is 948. The maximum absolute atomic E-state index is 12.8. The van der Waals surface area contributed by atoms with Crippen molar-refractivity contribution in [1.82, 2.24) is 15.5 Å². The minimum Gasteiger partial charge on any atom is -0.356 e. The van der Waals surface area contributed by atoms with Crippen LogP contribution in [-0.2, 0) is 26.0 Å². The van der Waals surface area contributed by atoms with Gasteiger partial charge in [-0.05, 0) is 49.8 Å². The number of hydrogen-bond acceptors (Lipinski definition) is 5. The van der Waals surface area contributed by atoms with Crippen molar-refractivity contribution >= 4 is 27.9 Å². The van der Waals surface area contributed by atoms with Gasteiger partial charge >= 0.3 is 6.03 Å². The maximum Gasteiger partial charge on any atom is 0.324 e. The summed E-state index contributed by atoms with van der Waals surface area (Å²) in [4.78, 5) is 39.2. The van der Waals surface area contributed by atoms with Crippen LogP contribution in [0.3, 0.4) is 0 Å². The molecular weight excluding hydrogens is 432 g/mol. The summed E-state index contributed by atoms with van der Waals surface area (Å²) in [6.45, 7) is 2.93. The highest BCUT2D eigenvalue weighted by Gasteiger charge is 2.45. The van der Waals surface area contributed by atoms with Crippen LogP contribution in [0.4, 0.5) is 4.79 Å². The molecule has 32 heavy (non-hydrogen) atoms. The van der Waals surface area contributed by atoms with Gasteiger partial charge in [0.25, 0.3) is 0 Å². The van der Waals surface area contributed by atoms with E-state index in [1.807, 2.05) is 0 Å². The lowest BCUT2D eigenvalue weighted by Gasteiger charge is -2.42. The fourth-order valence-corrected chi connectivity index (χ4v) is 4.97. The van der Waals surface area contributed by atoms with Crippen LogP contribution < -0.4 is 15.8 Å². The summed E-state index contributed by atoms with van der Waals surface area (Å²) in [7, 11) is -3.72. The third kappa shape index (κ3) is 5.86. The van der Waals surface area contributed by atoms with Gasteiger partial charge in [0.05, 0.1) is 10.8 Å². The molecule has 0 radical (unpaired) electrons. The van der Waals surface area contributed by atoms with Crippen molar-refractivity contribution in [3.63, 3.8) is 0 Å². The van der Waals surface area contributed by atoms with Gasteiger partial charge in [0, 0.05) is 25.0 Å². The van der Waals surface area contributed by atoms with Gasteiger partial charge in [0.2, 0.25) is 21.8 Å². The van der Waals surface area contributed by atoms with Crippen molar-refractivity contribution in [3.05, 3.63) is 29.8 Å². The molecule has 0 bridgehead atoms. The third-order valence-corrected chi connectivity index (χ3v) is 7.24. The van der Waals surface area contributed by atoms with Crippen LogP contribution in [0.5, 0.6) is 0 Å². The van der Waals surface area contributed by atoms with E-state index >= 15 is 0 Å². The Morgan fingerprint density at radius 2 is 1.91 bits per heavy atom. The van der Waals surface area contributed by atoms with Crippen molar-refractivity contribution in [1.29, 1.82) is 0 Å². The maximum atomic E-state index is 12.8. The van der Waals surface area contributed by atoms with Crippen LogP contribution in [0, 0.1) is 11.8 Å². The third-order valence-electron chi connectivity index (χ3n) is 6.31. The summed E-state index contributed by atoms with van der Waals surface area (Å²) in [6, 6.07) is 5.59. The number of unbranched alkanes of at least 4 members (excludes halogenated alkanes) is 2. The van der Waals surface area contributed by atoms with Crippen molar-refractivity contribution in [2.75, 3.05) is 13.1 Å². The molecule has 2 aliphatic rings. The zero-order valence-corrected chi connectivity index (χ0v) is 19.2. The molecule has 0 spiro atoms. The van der Waals surface area contributed by atoms with E-state index in [0.717, 1.165) is 24.8 Å². The monoisotopic (exact) mass is 464 g/mol. The Morgan fingerprint density at radius 1 is 1.19 bits per heavy atom. The number of hydrogen-bond donors (Lipinski definition) is 3. The molecule has 3 unspecified atom stereocenters. The molecule has 9 nitrogen and oxygen atoms in total. The van der Waals surface area contributed by atoms with E-state index in [1.54, 1.807) is 12.1 Å². The van der Waals surface area contributed by atoms with Gasteiger partial charge in [0.1, 0.15) is 0 Å². The SMILES string of the molecule is CCCCCN1C(=O)NC2CC(C(=O)NCCc3ccc(S(N)(=O)=O)cc3)CCC2C1=O. The Labute approximate surface area is 189 Å².